The summed E-state index contributed by atoms with van der Waals surface area (Å²) in [5.74, 6) is -0.620. The minimum Gasteiger partial charge on any atom is -0.482 e. The Kier molecular flexibility index (Phi) is 8.50. The zero-order valence-electron chi connectivity index (χ0n) is 17.7. The second-order valence-electron chi connectivity index (χ2n) is 7.02. The molecule has 3 rings (SSSR count). The molecule has 3 aromatic carbocycles. The summed E-state index contributed by atoms with van der Waals surface area (Å²) in [6.45, 7) is 1.70. The van der Waals surface area contributed by atoms with E-state index in [1.54, 1.807) is 24.3 Å². The highest BCUT2D eigenvalue weighted by Gasteiger charge is 2.13. The molecule has 0 unspecified atom stereocenters. The summed E-state index contributed by atoms with van der Waals surface area (Å²) >= 11 is 6.78. The molecule has 11 heteroatoms. The Hall–Kier alpha value is -3.57. The van der Waals surface area contributed by atoms with Crippen molar-refractivity contribution in [2.45, 2.75) is 6.92 Å². The van der Waals surface area contributed by atoms with E-state index in [0.29, 0.717) is 25.9 Å². The van der Waals surface area contributed by atoms with Crippen LogP contribution < -0.4 is 15.5 Å². The molecule has 0 saturated carbocycles. The number of ether oxygens (including phenoxy) is 1. The fourth-order valence-electron chi connectivity index (χ4n) is 2.79. The van der Waals surface area contributed by atoms with Crippen molar-refractivity contribution in [3.8, 4) is 5.75 Å². The molecule has 0 aliphatic carbocycles. The van der Waals surface area contributed by atoms with Gasteiger partial charge in [-0.15, -0.1) is 0 Å². The number of hydrazone groups is 1. The Morgan fingerprint density at radius 1 is 1.12 bits per heavy atom. The van der Waals surface area contributed by atoms with Crippen molar-refractivity contribution in [2.24, 2.45) is 5.10 Å². The van der Waals surface area contributed by atoms with Crippen molar-refractivity contribution in [3.05, 3.63) is 96.4 Å². The molecule has 0 bridgehead atoms. The first-order chi connectivity index (χ1) is 16.2. The number of carbonyl (C=O) groups is 2. The summed E-state index contributed by atoms with van der Waals surface area (Å²) in [5, 5.41) is 17.6. The van der Waals surface area contributed by atoms with Crippen molar-refractivity contribution >= 4 is 61.3 Å². The molecule has 0 saturated heterocycles. The molecule has 2 amide bonds. The number of anilines is 1. The zero-order chi connectivity index (χ0) is 24.7. The predicted molar refractivity (Wildman–Crippen MR) is 135 cm³/mol. The molecule has 2 N–H and O–H groups in total. The quantitative estimate of drug-likeness (QED) is 0.212. The normalized spacial score (nSPS) is 10.7. The van der Waals surface area contributed by atoms with Gasteiger partial charge in [0.1, 0.15) is 5.75 Å². The van der Waals surface area contributed by atoms with Crippen molar-refractivity contribution in [1.29, 1.82) is 0 Å². The maximum atomic E-state index is 12.3. The maximum absolute atomic E-state index is 12.3. The largest absolute Gasteiger partial charge is 0.482 e. The van der Waals surface area contributed by atoms with Gasteiger partial charge in [0, 0.05) is 33.4 Å². The van der Waals surface area contributed by atoms with Gasteiger partial charge >= 0.3 is 0 Å². The minimum atomic E-state index is -0.617. The summed E-state index contributed by atoms with van der Waals surface area (Å²) in [4.78, 5) is 34.9. The van der Waals surface area contributed by atoms with E-state index in [1.807, 2.05) is 19.1 Å². The number of hydrogen-bond acceptors (Lipinski definition) is 6. The Morgan fingerprint density at radius 2 is 1.85 bits per heavy atom. The zero-order valence-corrected chi connectivity index (χ0v) is 20.9. The molecule has 0 fully saturated rings. The van der Waals surface area contributed by atoms with Crippen LogP contribution in [0.2, 0.25) is 0 Å². The summed E-state index contributed by atoms with van der Waals surface area (Å²) in [6.07, 6.45) is 1.35. The van der Waals surface area contributed by atoms with Gasteiger partial charge in [0.25, 0.3) is 17.5 Å². The number of nitro benzene ring substituents is 1. The van der Waals surface area contributed by atoms with Crippen LogP contribution in [0, 0.1) is 17.0 Å². The molecular weight excluding hydrogens is 572 g/mol. The van der Waals surface area contributed by atoms with E-state index in [-0.39, 0.29) is 23.8 Å². The van der Waals surface area contributed by atoms with E-state index in [0.717, 1.165) is 11.6 Å². The predicted octanol–water partition coefficient (Wildman–Crippen LogP) is 5.21. The number of nitrogens with zero attached hydrogens (tertiary/aromatic N) is 2. The van der Waals surface area contributed by atoms with Crippen molar-refractivity contribution in [2.75, 3.05) is 11.9 Å². The Balaban J connectivity index is 1.68. The lowest BCUT2D eigenvalue weighted by Crippen LogP contribution is -2.21. The van der Waals surface area contributed by atoms with Gasteiger partial charge in [0.2, 0.25) is 0 Å². The van der Waals surface area contributed by atoms with Crippen LogP contribution in [-0.2, 0) is 4.79 Å². The second kappa shape index (κ2) is 11.5. The van der Waals surface area contributed by atoms with E-state index >= 15 is 0 Å². The molecule has 0 aromatic heterocycles. The molecule has 174 valence electrons. The summed E-state index contributed by atoms with van der Waals surface area (Å²) in [6, 6.07) is 16.1. The molecule has 0 aliphatic heterocycles. The SMILES string of the molecule is Cc1ccc(NC(=O)COc2c(Br)cc(Br)cc2/C=N/NC(=O)c2cccc([N+](=O)[O-])c2)cc1. The monoisotopic (exact) mass is 588 g/mol. The molecule has 0 heterocycles. The first-order valence-electron chi connectivity index (χ1n) is 9.79. The van der Waals surface area contributed by atoms with Crippen molar-refractivity contribution in [1.82, 2.24) is 5.43 Å². The van der Waals surface area contributed by atoms with Crippen LogP contribution in [0.3, 0.4) is 0 Å². The van der Waals surface area contributed by atoms with Gasteiger partial charge in [0.05, 0.1) is 15.6 Å². The maximum Gasteiger partial charge on any atom is 0.271 e. The number of carbonyl (C=O) groups excluding carboxylic acids is 2. The highest BCUT2D eigenvalue weighted by molar-refractivity contribution is 9.11. The highest BCUT2D eigenvalue weighted by atomic mass is 79.9. The molecule has 0 aliphatic rings. The fourth-order valence-corrected chi connectivity index (χ4v) is 4.16. The Morgan fingerprint density at radius 3 is 2.56 bits per heavy atom. The number of aryl methyl sites for hydroxylation is 1. The summed E-state index contributed by atoms with van der Waals surface area (Å²) < 4.78 is 6.98. The van der Waals surface area contributed by atoms with Crippen LogP contribution in [0.1, 0.15) is 21.5 Å². The van der Waals surface area contributed by atoms with Crippen LogP contribution in [0.4, 0.5) is 11.4 Å². The number of non-ortho nitro benzene ring substituents is 1. The second-order valence-corrected chi connectivity index (χ2v) is 8.79. The third kappa shape index (κ3) is 6.96. The third-order valence-corrected chi connectivity index (χ3v) is 5.46. The van der Waals surface area contributed by atoms with Crippen LogP contribution in [0.25, 0.3) is 0 Å². The number of nitrogens with one attached hydrogen (secondary N) is 2. The number of nitro groups is 1. The lowest BCUT2D eigenvalue weighted by Gasteiger charge is -2.12. The topological polar surface area (TPSA) is 123 Å². The molecule has 0 spiro atoms. The van der Waals surface area contributed by atoms with E-state index in [2.05, 4.69) is 47.7 Å². The number of rotatable bonds is 8. The Bertz CT molecular complexity index is 1260. The average Bonchev–Trinajstić information content (AvgIpc) is 2.80. The van der Waals surface area contributed by atoms with Gasteiger partial charge < -0.3 is 10.1 Å². The molecule has 9 nitrogen and oxygen atoms in total. The molecule has 34 heavy (non-hydrogen) atoms. The number of halogens is 2. The Labute approximate surface area is 211 Å². The van der Waals surface area contributed by atoms with Crippen molar-refractivity contribution in [3.63, 3.8) is 0 Å². The number of hydrogen-bond donors (Lipinski definition) is 2. The highest BCUT2D eigenvalue weighted by Crippen LogP contribution is 2.32. The average molecular weight is 590 g/mol. The first-order valence-corrected chi connectivity index (χ1v) is 11.4. The van der Waals surface area contributed by atoms with Crippen LogP contribution in [0.15, 0.2) is 74.7 Å². The number of amides is 2. The van der Waals surface area contributed by atoms with Crippen molar-refractivity contribution < 1.29 is 19.2 Å². The lowest BCUT2D eigenvalue weighted by molar-refractivity contribution is -0.384. The van der Waals surface area contributed by atoms with Gasteiger partial charge in [-0.25, -0.2) is 5.43 Å². The first kappa shape index (κ1) is 25.1. The van der Waals surface area contributed by atoms with E-state index < -0.39 is 10.8 Å². The molecule has 3 aromatic rings. The van der Waals surface area contributed by atoms with Crippen LogP contribution in [0.5, 0.6) is 5.75 Å². The standard InChI is InChI=1S/C23H18Br2N4O5/c1-14-5-7-18(8-6-14)27-21(30)13-34-22-16(9-17(24)11-20(22)25)12-26-28-23(31)15-3-2-4-19(10-15)29(32)33/h2-12H,13H2,1H3,(H,27,30)(H,28,31)/b26-12+. The fraction of sp³-hybridized carbons (Fsp3) is 0.0870. The molecular formula is C23H18Br2N4O5. The number of benzene rings is 3. The molecule has 0 radical (unpaired) electrons. The van der Waals surface area contributed by atoms with Gasteiger partial charge in [-0.1, -0.05) is 39.7 Å². The minimum absolute atomic E-state index is 0.0889. The third-order valence-electron chi connectivity index (χ3n) is 4.41. The smallest absolute Gasteiger partial charge is 0.271 e. The van der Waals surface area contributed by atoms with Gasteiger partial charge in [0.15, 0.2) is 6.61 Å². The van der Waals surface area contributed by atoms with E-state index in [1.165, 1.54) is 24.4 Å². The van der Waals surface area contributed by atoms with Crippen LogP contribution in [-0.4, -0.2) is 29.6 Å². The van der Waals surface area contributed by atoms with Gasteiger partial charge in [-0.3, -0.25) is 19.7 Å². The van der Waals surface area contributed by atoms with Gasteiger partial charge in [-0.2, -0.15) is 5.10 Å². The summed E-state index contributed by atoms with van der Waals surface area (Å²) in [7, 11) is 0. The van der Waals surface area contributed by atoms with Crippen LogP contribution >= 0.6 is 31.9 Å². The molecule has 0 atom stereocenters. The summed E-state index contributed by atoms with van der Waals surface area (Å²) in [5.41, 5.74) is 4.42. The van der Waals surface area contributed by atoms with E-state index in [4.69, 9.17) is 4.74 Å². The van der Waals surface area contributed by atoms with Gasteiger partial charge in [-0.05, 0) is 53.2 Å². The lowest BCUT2D eigenvalue weighted by atomic mass is 10.2. The van der Waals surface area contributed by atoms with E-state index in [9.17, 15) is 19.7 Å².